The molecule has 0 spiro atoms. The van der Waals surface area contributed by atoms with Crippen molar-refractivity contribution in [3.8, 4) is 0 Å². The molecular formula is C7H8N2S. The molecule has 10 heavy (non-hydrogen) atoms. The molecule has 0 bridgehead atoms. The van der Waals surface area contributed by atoms with Crippen LogP contribution in [0.1, 0.15) is 0 Å². The summed E-state index contributed by atoms with van der Waals surface area (Å²) in [5.41, 5.74) is 0.922. The Bertz CT molecular complexity index is 224. The van der Waals surface area contributed by atoms with Gasteiger partial charge in [0.1, 0.15) is 0 Å². The molecule has 1 aliphatic rings. The maximum absolute atomic E-state index is 3.95. The third kappa shape index (κ3) is 1.53. The van der Waals surface area contributed by atoms with Crippen LogP contribution in [0.15, 0.2) is 35.6 Å². The Morgan fingerprint density at radius 3 is 3.10 bits per heavy atom. The molecular weight excluding hydrogens is 144 g/mol. The number of nitrogens with zero attached hydrogens (tertiary/aromatic N) is 2. The average Bonchev–Trinajstić information content (AvgIpc) is 2.05. The summed E-state index contributed by atoms with van der Waals surface area (Å²) < 4.78 is 1.73. The molecule has 0 atom stereocenters. The van der Waals surface area contributed by atoms with Crippen LogP contribution in [0.3, 0.4) is 0 Å². The predicted molar refractivity (Wildman–Crippen MR) is 45.6 cm³/mol. The summed E-state index contributed by atoms with van der Waals surface area (Å²) >= 11 is 1.53. The molecule has 0 aromatic rings. The third-order valence-electron chi connectivity index (χ3n) is 1.07. The maximum atomic E-state index is 3.95. The van der Waals surface area contributed by atoms with E-state index in [2.05, 4.69) is 17.6 Å². The van der Waals surface area contributed by atoms with Gasteiger partial charge in [-0.25, -0.2) is 4.41 Å². The lowest BCUT2D eigenvalue weighted by atomic mass is 10.3. The molecule has 0 unspecified atom stereocenters. The Hall–Kier alpha value is -0.920. The number of hydrazone groups is 1. The molecule has 1 heterocycles. The summed E-state index contributed by atoms with van der Waals surface area (Å²) in [6.07, 6.45) is 7.46. The van der Waals surface area contributed by atoms with E-state index in [1.807, 2.05) is 18.5 Å². The van der Waals surface area contributed by atoms with Gasteiger partial charge in [-0.05, 0) is 18.0 Å². The largest absolute Gasteiger partial charge is 0.206 e. The quantitative estimate of drug-likeness (QED) is 0.560. The van der Waals surface area contributed by atoms with Gasteiger partial charge in [-0.1, -0.05) is 12.7 Å². The van der Waals surface area contributed by atoms with Crippen molar-refractivity contribution in [1.29, 1.82) is 0 Å². The van der Waals surface area contributed by atoms with Crippen LogP contribution in [0.2, 0.25) is 0 Å². The normalized spacial score (nSPS) is 15.3. The lowest BCUT2D eigenvalue weighted by Gasteiger charge is -2.08. The second-order valence-corrected chi connectivity index (χ2v) is 2.41. The number of hydrogen-bond donors (Lipinski definition) is 0. The SMILES string of the molecule is C=CC1=C=NN(SC)C=C1. The molecule has 0 amide bonds. The molecule has 1 aliphatic heterocycles. The van der Waals surface area contributed by atoms with E-state index in [9.17, 15) is 0 Å². The van der Waals surface area contributed by atoms with Gasteiger partial charge in [0.05, 0.1) is 0 Å². The molecule has 1 rings (SSSR count). The topological polar surface area (TPSA) is 15.6 Å². The van der Waals surface area contributed by atoms with Crippen LogP contribution in [0.4, 0.5) is 0 Å². The molecule has 0 N–H and O–H groups in total. The van der Waals surface area contributed by atoms with E-state index in [4.69, 9.17) is 0 Å². The van der Waals surface area contributed by atoms with E-state index in [1.54, 1.807) is 10.5 Å². The van der Waals surface area contributed by atoms with Gasteiger partial charge < -0.3 is 0 Å². The Labute approximate surface area is 64.7 Å². The van der Waals surface area contributed by atoms with Crippen molar-refractivity contribution in [2.24, 2.45) is 5.10 Å². The second kappa shape index (κ2) is 3.30. The van der Waals surface area contributed by atoms with E-state index < -0.39 is 0 Å². The van der Waals surface area contributed by atoms with Crippen LogP contribution in [0.25, 0.3) is 0 Å². The smallest absolute Gasteiger partial charge is 0.0388 e. The van der Waals surface area contributed by atoms with Gasteiger partial charge in [-0.2, -0.15) is 0 Å². The monoisotopic (exact) mass is 152 g/mol. The van der Waals surface area contributed by atoms with E-state index in [0.29, 0.717) is 0 Å². The summed E-state index contributed by atoms with van der Waals surface area (Å²) in [6, 6.07) is 0. The third-order valence-corrected chi connectivity index (χ3v) is 1.64. The standard InChI is InChI=1S/C7H8N2S/c1-3-7-4-5-9(10-2)8-6-7/h3-5H,1H2,2H3. The Balaban J connectivity index is 2.78. The number of rotatable bonds is 2. The highest BCUT2D eigenvalue weighted by Gasteiger charge is 1.95. The van der Waals surface area contributed by atoms with Crippen molar-refractivity contribution in [2.45, 2.75) is 0 Å². The molecule has 0 aromatic heterocycles. The van der Waals surface area contributed by atoms with E-state index in [0.717, 1.165) is 5.57 Å². The zero-order valence-corrected chi connectivity index (χ0v) is 6.56. The van der Waals surface area contributed by atoms with Crippen molar-refractivity contribution < 1.29 is 0 Å². The van der Waals surface area contributed by atoms with Crippen LogP contribution in [0, 0.1) is 0 Å². The van der Waals surface area contributed by atoms with Crippen LogP contribution < -0.4 is 0 Å². The lowest BCUT2D eigenvalue weighted by Crippen LogP contribution is -1.99. The maximum Gasteiger partial charge on any atom is 0.0388 e. The highest BCUT2D eigenvalue weighted by atomic mass is 32.2. The summed E-state index contributed by atoms with van der Waals surface area (Å²) in [5.74, 6) is 2.81. The first-order valence-electron chi connectivity index (χ1n) is 2.84. The predicted octanol–water partition coefficient (Wildman–Crippen LogP) is 1.79. The van der Waals surface area contributed by atoms with Gasteiger partial charge in [0.2, 0.25) is 0 Å². The van der Waals surface area contributed by atoms with Crippen LogP contribution in [-0.2, 0) is 0 Å². The van der Waals surface area contributed by atoms with Crippen molar-refractivity contribution in [2.75, 3.05) is 6.26 Å². The van der Waals surface area contributed by atoms with Gasteiger partial charge in [-0.3, -0.25) is 0 Å². The molecule has 0 fully saturated rings. The van der Waals surface area contributed by atoms with Crippen molar-refractivity contribution in [3.05, 3.63) is 30.5 Å². The molecule has 0 aromatic carbocycles. The Morgan fingerprint density at radius 1 is 1.90 bits per heavy atom. The lowest BCUT2D eigenvalue weighted by molar-refractivity contribution is 0.681. The van der Waals surface area contributed by atoms with Gasteiger partial charge in [0.25, 0.3) is 0 Å². The fraction of sp³-hybridized carbons (Fsp3) is 0.143. The van der Waals surface area contributed by atoms with Crippen LogP contribution in [0.5, 0.6) is 0 Å². The van der Waals surface area contributed by atoms with Crippen LogP contribution in [-0.4, -0.2) is 16.5 Å². The summed E-state index contributed by atoms with van der Waals surface area (Å²) in [5, 5.41) is 3.95. The zero-order chi connectivity index (χ0) is 7.40. The fourth-order valence-electron chi connectivity index (χ4n) is 0.537. The van der Waals surface area contributed by atoms with Gasteiger partial charge in [0.15, 0.2) is 0 Å². The summed E-state index contributed by atoms with van der Waals surface area (Å²) in [6.45, 7) is 3.60. The zero-order valence-electron chi connectivity index (χ0n) is 5.74. The van der Waals surface area contributed by atoms with E-state index >= 15 is 0 Å². The summed E-state index contributed by atoms with van der Waals surface area (Å²) in [4.78, 5) is 0. The molecule has 0 saturated heterocycles. The first-order valence-corrected chi connectivity index (χ1v) is 4.02. The van der Waals surface area contributed by atoms with Gasteiger partial charge in [-0.15, -0.1) is 5.10 Å². The van der Waals surface area contributed by atoms with Crippen molar-refractivity contribution in [1.82, 2.24) is 4.41 Å². The molecule has 0 radical (unpaired) electrons. The molecule has 2 nitrogen and oxygen atoms in total. The number of hydrogen-bond acceptors (Lipinski definition) is 3. The highest BCUT2D eigenvalue weighted by Crippen LogP contribution is 2.10. The first kappa shape index (κ1) is 7.19. The van der Waals surface area contributed by atoms with E-state index in [1.165, 1.54) is 11.9 Å². The molecule has 52 valence electrons. The van der Waals surface area contributed by atoms with E-state index in [-0.39, 0.29) is 0 Å². The summed E-state index contributed by atoms with van der Waals surface area (Å²) in [7, 11) is 0. The molecule has 0 saturated carbocycles. The fourth-order valence-corrected chi connectivity index (χ4v) is 0.842. The Kier molecular flexibility index (Phi) is 2.37. The van der Waals surface area contributed by atoms with Crippen molar-refractivity contribution in [3.63, 3.8) is 0 Å². The first-order chi connectivity index (χ1) is 4.86. The van der Waals surface area contributed by atoms with Crippen molar-refractivity contribution >= 4 is 17.8 Å². The minimum Gasteiger partial charge on any atom is -0.206 e. The van der Waals surface area contributed by atoms with Gasteiger partial charge in [0, 0.05) is 23.9 Å². The number of allylic oxidation sites excluding steroid dienone is 3. The average molecular weight is 152 g/mol. The van der Waals surface area contributed by atoms with Crippen LogP contribution >= 0.6 is 11.9 Å². The Morgan fingerprint density at radius 2 is 2.70 bits per heavy atom. The van der Waals surface area contributed by atoms with Gasteiger partial charge >= 0.3 is 0 Å². The highest BCUT2D eigenvalue weighted by molar-refractivity contribution is 7.96. The minimum atomic E-state index is 0.922. The molecule has 0 aliphatic carbocycles. The molecule has 3 heteroatoms. The minimum absolute atomic E-state index is 0.922. The second-order valence-electron chi connectivity index (χ2n) is 1.67.